The highest BCUT2D eigenvalue weighted by Crippen LogP contribution is 2.01. The summed E-state index contributed by atoms with van der Waals surface area (Å²) in [4.78, 5) is 2.19. The summed E-state index contributed by atoms with van der Waals surface area (Å²) in [7, 11) is -2.42. The number of nitrogens with zero attached hydrogens (tertiary/aromatic N) is 1. The van der Waals surface area contributed by atoms with Crippen LogP contribution in [-0.4, -0.2) is 44.5 Å². The first-order valence-electron chi connectivity index (χ1n) is 3.58. The van der Waals surface area contributed by atoms with E-state index >= 15 is 0 Å². The maximum atomic E-state index is 11.0. The average Bonchev–Trinajstić information content (AvgIpc) is 1.88. The van der Waals surface area contributed by atoms with Crippen LogP contribution in [0, 0.1) is 0 Å². The van der Waals surface area contributed by atoms with Crippen LogP contribution in [0.15, 0.2) is 0 Å². The van der Waals surface area contributed by atoms with E-state index in [-0.39, 0.29) is 0 Å². The van der Waals surface area contributed by atoms with Gasteiger partial charge in [0, 0.05) is 13.1 Å². The van der Waals surface area contributed by atoms with E-state index in [9.17, 15) is 4.21 Å². The highest BCUT2D eigenvalue weighted by atomic mass is 32.2. The van der Waals surface area contributed by atoms with Crippen molar-refractivity contribution in [2.75, 3.05) is 31.1 Å². The molecule has 0 atom stereocenters. The van der Waals surface area contributed by atoms with Crippen LogP contribution in [0.1, 0.15) is 6.92 Å². The van der Waals surface area contributed by atoms with E-state index in [0.29, 0.717) is 11.5 Å². The summed E-state index contributed by atoms with van der Waals surface area (Å²) in [5.41, 5.74) is 0. The van der Waals surface area contributed by atoms with E-state index < -0.39 is 9.84 Å². The Morgan fingerprint density at radius 2 is 2.00 bits per heavy atom. The molecule has 0 aliphatic carbocycles. The van der Waals surface area contributed by atoms with Gasteiger partial charge in [0.1, 0.15) is 11.5 Å². The number of hydrogen-bond acceptors (Lipinski definition) is 2. The van der Waals surface area contributed by atoms with Crippen molar-refractivity contribution in [3.8, 4) is 0 Å². The molecule has 60 valence electrons. The smallest absolute Gasteiger partial charge is 0.275 e. The van der Waals surface area contributed by atoms with Gasteiger partial charge in [-0.15, -0.1) is 0 Å². The summed E-state index contributed by atoms with van der Waals surface area (Å²) in [6.45, 7) is 4.64. The first-order chi connectivity index (χ1) is 4.64. The van der Waals surface area contributed by atoms with E-state index in [1.807, 2.05) is 0 Å². The van der Waals surface area contributed by atoms with Crippen molar-refractivity contribution in [3.63, 3.8) is 0 Å². The predicted octanol–water partition coefficient (Wildman–Crippen LogP) is -0.106. The van der Waals surface area contributed by atoms with Gasteiger partial charge in [0.05, 0.1) is 0 Å². The molecule has 1 rings (SSSR count). The Labute approximate surface area is 61.9 Å². The number of rotatable bonds is 1. The Kier molecular flexibility index (Phi) is 2.31. The first-order valence-corrected chi connectivity index (χ1v) is 5.44. The lowest BCUT2D eigenvalue weighted by molar-refractivity contribution is 0.312. The largest absolute Gasteiger partial charge is 0.301 e. The monoisotopic (exact) mass is 164 g/mol. The fourth-order valence-corrected chi connectivity index (χ4v) is 2.36. The van der Waals surface area contributed by atoms with E-state index in [2.05, 4.69) is 11.8 Å². The molecule has 0 saturated carbocycles. The van der Waals surface area contributed by atoms with Crippen LogP contribution in [0.3, 0.4) is 0 Å². The Hall–Kier alpha value is -0.0900. The minimum Gasteiger partial charge on any atom is -0.301 e. The van der Waals surface area contributed by atoms with Crippen LogP contribution in [0.5, 0.6) is 0 Å². The molecular weight excluding hydrogens is 150 g/mol. The van der Waals surface area contributed by atoms with Crippen LogP contribution in [0.4, 0.5) is 0 Å². The van der Waals surface area contributed by atoms with E-state index in [1.54, 1.807) is 0 Å². The van der Waals surface area contributed by atoms with Gasteiger partial charge < -0.3 is 4.90 Å². The van der Waals surface area contributed by atoms with Crippen LogP contribution in [-0.2, 0) is 9.84 Å². The lowest BCUT2D eigenvalue weighted by Crippen LogP contribution is -2.39. The van der Waals surface area contributed by atoms with Crippen molar-refractivity contribution in [1.82, 2.24) is 4.90 Å². The van der Waals surface area contributed by atoms with Crippen LogP contribution >= 0.6 is 0 Å². The molecule has 0 unspecified atom stereocenters. The summed E-state index contributed by atoms with van der Waals surface area (Å²) in [5, 5.41) is 0. The molecule has 0 spiro atoms. The zero-order valence-corrected chi connectivity index (χ0v) is 7.06. The van der Waals surface area contributed by atoms with Crippen molar-refractivity contribution in [2.24, 2.45) is 0 Å². The van der Waals surface area contributed by atoms with Crippen molar-refractivity contribution < 1.29 is 8.42 Å². The summed E-state index contributed by atoms with van der Waals surface area (Å²) in [6.07, 6.45) is 0. The highest BCUT2D eigenvalue weighted by Gasteiger charge is 2.24. The van der Waals surface area contributed by atoms with Crippen molar-refractivity contribution in [1.29, 1.82) is 0 Å². The van der Waals surface area contributed by atoms with Gasteiger partial charge in [0.15, 0.2) is 0 Å². The molecule has 4 heteroatoms. The minimum atomic E-state index is -2.42. The van der Waals surface area contributed by atoms with Crippen LogP contribution < -0.4 is 0 Å². The zero-order valence-electron chi connectivity index (χ0n) is 6.25. The molecule has 0 amide bonds. The van der Waals surface area contributed by atoms with Gasteiger partial charge in [-0.05, 0) is 6.54 Å². The molecule has 0 aromatic carbocycles. The maximum Gasteiger partial charge on any atom is 0.275 e. The normalized spacial score (nSPS) is 26.5. The second-order valence-corrected chi connectivity index (χ2v) is 4.98. The third-order valence-electron chi connectivity index (χ3n) is 1.90. The highest BCUT2D eigenvalue weighted by molar-refractivity contribution is 7.91. The molecule has 1 heterocycles. The Bertz CT molecular complexity index is 184. The molecular formula is C6H14NO2S+. The van der Waals surface area contributed by atoms with E-state index in [1.165, 1.54) is 0 Å². The molecule has 1 fully saturated rings. The molecule has 1 aliphatic rings. The van der Waals surface area contributed by atoms with Gasteiger partial charge >= 0.3 is 0 Å². The minimum absolute atomic E-state index is 0.459. The molecule has 1 aliphatic heterocycles. The van der Waals surface area contributed by atoms with Gasteiger partial charge in [0.25, 0.3) is 9.84 Å². The predicted molar refractivity (Wildman–Crippen MR) is 41.9 cm³/mol. The molecule has 0 radical (unpaired) electrons. The quantitative estimate of drug-likeness (QED) is 0.508. The Morgan fingerprint density at radius 3 is 2.40 bits per heavy atom. The summed E-state index contributed by atoms with van der Waals surface area (Å²) in [5.74, 6) is 0.918. The molecule has 1 saturated heterocycles. The lowest BCUT2D eigenvalue weighted by atomic mass is 10.5. The zero-order chi connectivity index (χ0) is 7.61. The summed E-state index contributed by atoms with van der Waals surface area (Å²) < 4.78 is 20.1. The van der Waals surface area contributed by atoms with Crippen molar-refractivity contribution >= 4 is 9.84 Å². The van der Waals surface area contributed by atoms with Crippen LogP contribution in [0.2, 0.25) is 0 Å². The third-order valence-corrected chi connectivity index (χ3v) is 3.54. The molecule has 3 nitrogen and oxygen atoms in total. The Balaban J connectivity index is 2.46. The average molecular weight is 164 g/mol. The molecule has 0 aromatic rings. The van der Waals surface area contributed by atoms with Crippen molar-refractivity contribution in [3.05, 3.63) is 0 Å². The van der Waals surface area contributed by atoms with Gasteiger partial charge in [-0.25, -0.2) is 4.21 Å². The fraction of sp³-hybridized carbons (Fsp3) is 1.00. The van der Waals surface area contributed by atoms with Gasteiger partial charge in [-0.1, -0.05) is 6.92 Å². The van der Waals surface area contributed by atoms with E-state index in [4.69, 9.17) is 4.21 Å². The first kappa shape index (κ1) is 8.01. The number of hydrogen-bond donors (Lipinski definition) is 0. The van der Waals surface area contributed by atoms with Crippen LogP contribution in [0.25, 0.3) is 0 Å². The van der Waals surface area contributed by atoms with Gasteiger partial charge in [0.2, 0.25) is 0 Å². The lowest BCUT2D eigenvalue weighted by Gasteiger charge is -2.22. The Morgan fingerprint density at radius 1 is 1.50 bits per heavy atom. The molecule has 0 bridgehead atoms. The summed E-state index contributed by atoms with van der Waals surface area (Å²) >= 11 is 0. The fourth-order valence-electron chi connectivity index (χ4n) is 1.07. The molecule has 0 aromatic heterocycles. The SMILES string of the molecule is CCN1CCS(=O)(=[OH+])CC1. The standard InChI is InChI=1S/C6H13NO2S/c1-2-7-3-5-10(8,9)6-4-7/h2-6H2,1H3/p+1. The van der Waals surface area contributed by atoms with Gasteiger partial charge in [-0.3, -0.25) is 0 Å². The topological polar surface area (TPSA) is 41.7 Å². The second-order valence-electron chi connectivity index (χ2n) is 2.62. The second kappa shape index (κ2) is 2.88. The third kappa shape index (κ3) is 1.95. The molecule has 1 N–H and O–H groups in total. The molecule has 10 heavy (non-hydrogen) atoms. The summed E-state index contributed by atoms with van der Waals surface area (Å²) in [6, 6.07) is 0. The van der Waals surface area contributed by atoms with Crippen molar-refractivity contribution in [2.45, 2.75) is 6.92 Å². The van der Waals surface area contributed by atoms with Gasteiger partial charge in [-0.2, -0.15) is 4.21 Å². The maximum absolute atomic E-state index is 11.0. The van der Waals surface area contributed by atoms with E-state index in [0.717, 1.165) is 19.6 Å².